The smallest absolute Gasteiger partial charge is 0.0171 e. The highest BCUT2D eigenvalue weighted by molar-refractivity contribution is 5.08. The summed E-state index contributed by atoms with van der Waals surface area (Å²) >= 11 is 0. The summed E-state index contributed by atoms with van der Waals surface area (Å²) in [6, 6.07) is 0. The zero-order chi connectivity index (χ0) is 10.8. The Hall–Kier alpha value is -0.520. The van der Waals surface area contributed by atoms with E-state index in [0.29, 0.717) is 0 Å². The van der Waals surface area contributed by atoms with Crippen LogP contribution in [-0.2, 0) is 0 Å². The molecule has 1 atom stereocenters. The molecule has 0 heteroatoms. The standard InChI is InChI=1S/C14H26/c1-5-9-12-14(11-7-3)13(8-4)10-6-2/h6,12-13H,2,5,7-11H2,1,3-4H3. The lowest BCUT2D eigenvalue weighted by molar-refractivity contribution is 0.568. The van der Waals surface area contributed by atoms with E-state index in [0.717, 1.165) is 12.3 Å². The van der Waals surface area contributed by atoms with E-state index >= 15 is 0 Å². The molecular formula is C14H26. The quantitative estimate of drug-likeness (QED) is 0.471. The van der Waals surface area contributed by atoms with E-state index in [1.54, 1.807) is 5.57 Å². The monoisotopic (exact) mass is 194 g/mol. The van der Waals surface area contributed by atoms with Crippen molar-refractivity contribution in [2.75, 3.05) is 0 Å². The van der Waals surface area contributed by atoms with Crippen molar-refractivity contribution >= 4 is 0 Å². The van der Waals surface area contributed by atoms with Crippen molar-refractivity contribution in [3.05, 3.63) is 24.3 Å². The summed E-state index contributed by atoms with van der Waals surface area (Å²) in [4.78, 5) is 0. The number of hydrogen-bond acceptors (Lipinski definition) is 0. The third-order valence-corrected chi connectivity index (χ3v) is 2.70. The molecular weight excluding hydrogens is 168 g/mol. The van der Waals surface area contributed by atoms with Gasteiger partial charge in [0.1, 0.15) is 0 Å². The van der Waals surface area contributed by atoms with Crippen LogP contribution < -0.4 is 0 Å². The van der Waals surface area contributed by atoms with Gasteiger partial charge >= 0.3 is 0 Å². The number of allylic oxidation sites excluding steroid dienone is 3. The largest absolute Gasteiger partial charge is 0.103 e. The molecule has 0 aliphatic rings. The maximum Gasteiger partial charge on any atom is -0.0171 e. The Bertz CT molecular complexity index is 165. The van der Waals surface area contributed by atoms with Gasteiger partial charge in [0.15, 0.2) is 0 Å². The highest BCUT2D eigenvalue weighted by Gasteiger charge is 2.09. The molecule has 0 spiro atoms. The maximum absolute atomic E-state index is 3.84. The lowest BCUT2D eigenvalue weighted by atomic mass is 9.89. The first-order valence-electron chi connectivity index (χ1n) is 6.09. The Morgan fingerprint density at radius 3 is 2.36 bits per heavy atom. The molecule has 0 heterocycles. The van der Waals surface area contributed by atoms with Crippen LogP contribution >= 0.6 is 0 Å². The molecule has 0 N–H and O–H groups in total. The number of rotatable bonds is 8. The second-order valence-corrected chi connectivity index (χ2v) is 3.95. The fourth-order valence-electron chi connectivity index (χ4n) is 1.87. The number of hydrogen-bond donors (Lipinski definition) is 0. The predicted octanol–water partition coefficient (Wildman–Crippen LogP) is 5.12. The van der Waals surface area contributed by atoms with E-state index in [9.17, 15) is 0 Å². The van der Waals surface area contributed by atoms with Crippen LogP contribution in [0, 0.1) is 5.92 Å². The minimum atomic E-state index is 0.749. The van der Waals surface area contributed by atoms with E-state index in [1.165, 1.54) is 32.1 Å². The first-order chi connectivity index (χ1) is 6.79. The van der Waals surface area contributed by atoms with Gasteiger partial charge in [0.05, 0.1) is 0 Å². The normalized spacial score (nSPS) is 14.1. The van der Waals surface area contributed by atoms with Crippen LogP contribution in [-0.4, -0.2) is 0 Å². The molecule has 82 valence electrons. The Morgan fingerprint density at radius 1 is 1.21 bits per heavy atom. The van der Waals surface area contributed by atoms with Gasteiger partial charge < -0.3 is 0 Å². The van der Waals surface area contributed by atoms with Crippen molar-refractivity contribution in [2.45, 2.75) is 59.3 Å². The summed E-state index contributed by atoms with van der Waals surface area (Å²) in [5.74, 6) is 0.749. The topological polar surface area (TPSA) is 0 Å². The lowest BCUT2D eigenvalue weighted by Crippen LogP contribution is -2.02. The average Bonchev–Trinajstić information content (AvgIpc) is 2.21. The molecule has 0 bridgehead atoms. The van der Waals surface area contributed by atoms with E-state index in [-0.39, 0.29) is 0 Å². The average molecular weight is 194 g/mol. The van der Waals surface area contributed by atoms with Gasteiger partial charge in [0, 0.05) is 0 Å². The fourth-order valence-corrected chi connectivity index (χ4v) is 1.87. The minimum Gasteiger partial charge on any atom is -0.103 e. The van der Waals surface area contributed by atoms with Crippen LogP contribution in [0.3, 0.4) is 0 Å². The van der Waals surface area contributed by atoms with E-state index in [2.05, 4.69) is 39.5 Å². The molecule has 14 heavy (non-hydrogen) atoms. The van der Waals surface area contributed by atoms with Crippen molar-refractivity contribution < 1.29 is 0 Å². The van der Waals surface area contributed by atoms with E-state index < -0.39 is 0 Å². The second-order valence-electron chi connectivity index (χ2n) is 3.95. The third kappa shape index (κ3) is 5.26. The van der Waals surface area contributed by atoms with Crippen LogP contribution in [0.2, 0.25) is 0 Å². The summed E-state index contributed by atoms with van der Waals surface area (Å²) in [7, 11) is 0. The van der Waals surface area contributed by atoms with Gasteiger partial charge in [-0.2, -0.15) is 0 Å². The Morgan fingerprint density at radius 2 is 1.93 bits per heavy atom. The molecule has 1 unspecified atom stereocenters. The Kier molecular flexibility index (Phi) is 8.72. The van der Waals surface area contributed by atoms with Crippen molar-refractivity contribution in [1.82, 2.24) is 0 Å². The summed E-state index contributed by atoms with van der Waals surface area (Å²) in [6.07, 6.45) is 12.0. The molecule has 0 aliphatic heterocycles. The fraction of sp³-hybridized carbons (Fsp3) is 0.714. The first-order valence-corrected chi connectivity index (χ1v) is 6.09. The summed E-state index contributed by atoms with van der Waals surface area (Å²) in [6.45, 7) is 10.6. The van der Waals surface area contributed by atoms with Crippen LogP contribution in [0.1, 0.15) is 59.3 Å². The SMILES string of the molecule is C=CCC(CC)C(=CCCC)CCC. The highest BCUT2D eigenvalue weighted by Crippen LogP contribution is 2.24. The maximum atomic E-state index is 3.84. The zero-order valence-electron chi connectivity index (χ0n) is 10.2. The Labute approximate surface area is 90.1 Å². The Balaban J connectivity index is 4.33. The molecule has 0 aliphatic carbocycles. The van der Waals surface area contributed by atoms with Crippen molar-refractivity contribution in [2.24, 2.45) is 5.92 Å². The third-order valence-electron chi connectivity index (χ3n) is 2.70. The molecule has 0 rings (SSSR count). The molecule has 0 saturated heterocycles. The molecule has 0 aromatic carbocycles. The molecule has 0 amide bonds. The van der Waals surface area contributed by atoms with Crippen molar-refractivity contribution in [3.63, 3.8) is 0 Å². The summed E-state index contributed by atoms with van der Waals surface area (Å²) in [5, 5.41) is 0. The van der Waals surface area contributed by atoms with E-state index in [1.807, 2.05) is 0 Å². The van der Waals surface area contributed by atoms with Crippen LogP contribution in [0.15, 0.2) is 24.3 Å². The molecule has 0 saturated carbocycles. The van der Waals surface area contributed by atoms with Gasteiger partial charge in [-0.3, -0.25) is 0 Å². The molecule has 0 radical (unpaired) electrons. The van der Waals surface area contributed by atoms with Gasteiger partial charge in [-0.05, 0) is 31.6 Å². The second kappa shape index (κ2) is 9.05. The lowest BCUT2D eigenvalue weighted by Gasteiger charge is -2.17. The summed E-state index contributed by atoms with van der Waals surface area (Å²) in [5.41, 5.74) is 1.66. The number of unbranched alkanes of at least 4 members (excludes halogenated alkanes) is 1. The van der Waals surface area contributed by atoms with Crippen molar-refractivity contribution in [3.8, 4) is 0 Å². The zero-order valence-corrected chi connectivity index (χ0v) is 10.2. The summed E-state index contributed by atoms with van der Waals surface area (Å²) < 4.78 is 0. The van der Waals surface area contributed by atoms with Gasteiger partial charge in [0.2, 0.25) is 0 Å². The first kappa shape index (κ1) is 13.5. The van der Waals surface area contributed by atoms with Crippen molar-refractivity contribution in [1.29, 1.82) is 0 Å². The van der Waals surface area contributed by atoms with Gasteiger partial charge in [-0.15, -0.1) is 6.58 Å². The van der Waals surface area contributed by atoms with Gasteiger partial charge in [0.25, 0.3) is 0 Å². The molecule has 0 aromatic heterocycles. The van der Waals surface area contributed by atoms with E-state index in [4.69, 9.17) is 0 Å². The predicted molar refractivity (Wildman–Crippen MR) is 66.5 cm³/mol. The van der Waals surface area contributed by atoms with Crippen LogP contribution in [0.4, 0.5) is 0 Å². The van der Waals surface area contributed by atoms with Crippen LogP contribution in [0.25, 0.3) is 0 Å². The highest BCUT2D eigenvalue weighted by atomic mass is 14.1. The van der Waals surface area contributed by atoms with Crippen LogP contribution in [0.5, 0.6) is 0 Å². The minimum absolute atomic E-state index is 0.749. The van der Waals surface area contributed by atoms with Gasteiger partial charge in [-0.25, -0.2) is 0 Å². The molecule has 0 fully saturated rings. The molecule has 0 nitrogen and oxygen atoms in total. The van der Waals surface area contributed by atoms with Gasteiger partial charge in [-0.1, -0.05) is 51.3 Å². The molecule has 0 aromatic rings.